The number of ketones is 1. The molecule has 1 heterocycles. The summed E-state index contributed by atoms with van der Waals surface area (Å²) in [7, 11) is 1.54. The largest absolute Gasteiger partial charge is 0.496 e. The Morgan fingerprint density at radius 3 is 2.72 bits per heavy atom. The first-order valence-electron chi connectivity index (χ1n) is 7.90. The van der Waals surface area contributed by atoms with Gasteiger partial charge in [-0.05, 0) is 49.4 Å². The van der Waals surface area contributed by atoms with Gasteiger partial charge in [0.2, 0.25) is 5.91 Å². The normalized spacial score (nSPS) is 10.5. The Balaban J connectivity index is 1.85. The molecule has 126 valence electrons. The second kappa shape index (κ2) is 7.13. The van der Waals surface area contributed by atoms with Gasteiger partial charge in [-0.15, -0.1) is 0 Å². The summed E-state index contributed by atoms with van der Waals surface area (Å²) in [5.41, 5.74) is 2.75. The number of anilines is 1. The van der Waals surface area contributed by atoms with E-state index in [0.717, 1.165) is 10.9 Å². The predicted octanol–water partition coefficient (Wildman–Crippen LogP) is 3.63. The Labute approximate surface area is 145 Å². The van der Waals surface area contributed by atoms with Crippen molar-refractivity contribution in [2.24, 2.45) is 0 Å². The lowest BCUT2D eigenvalue weighted by Crippen LogP contribution is -2.15. The number of nitrogens with zero attached hydrogens (tertiary/aromatic N) is 1. The maximum atomic E-state index is 12.5. The van der Waals surface area contributed by atoms with E-state index in [-0.39, 0.29) is 18.1 Å². The van der Waals surface area contributed by atoms with E-state index in [4.69, 9.17) is 4.74 Å². The molecule has 5 heteroatoms. The van der Waals surface area contributed by atoms with Crippen molar-refractivity contribution in [3.05, 3.63) is 65.9 Å². The lowest BCUT2D eigenvalue weighted by molar-refractivity contribution is -0.115. The Kier molecular flexibility index (Phi) is 4.75. The highest BCUT2D eigenvalue weighted by Gasteiger charge is 2.12. The number of nitrogens with one attached hydrogen (secondary N) is 1. The van der Waals surface area contributed by atoms with Crippen molar-refractivity contribution in [2.45, 2.75) is 13.3 Å². The lowest BCUT2D eigenvalue weighted by atomic mass is 10.0. The van der Waals surface area contributed by atoms with Crippen LogP contribution in [0.2, 0.25) is 0 Å². The molecule has 0 atom stereocenters. The van der Waals surface area contributed by atoms with E-state index in [1.54, 1.807) is 31.5 Å². The molecule has 2 aromatic carbocycles. The fraction of sp³-hybridized carbons (Fsp3) is 0.150. The minimum absolute atomic E-state index is 0.0514. The van der Waals surface area contributed by atoms with Crippen molar-refractivity contribution < 1.29 is 14.3 Å². The van der Waals surface area contributed by atoms with Gasteiger partial charge in [0, 0.05) is 22.7 Å². The van der Waals surface area contributed by atoms with E-state index in [1.165, 1.54) is 6.92 Å². The van der Waals surface area contributed by atoms with E-state index in [1.807, 2.05) is 30.3 Å². The fourth-order valence-electron chi connectivity index (χ4n) is 2.72. The van der Waals surface area contributed by atoms with Crippen LogP contribution in [0, 0.1) is 0 Å². The number of aromatic nitrogens is 1. The predicted molar refractivity (Wildman–Crippen MR) is 97.1 cm³/mol. The maximum Gasteiger partial charge on any atom is 0.228 e. The van der Waals surface area contributed by atoms with Crippen molar-refractivity contribution in [2.75, 3.05) is 12.4 Å². The molecular weight excluding hydrogens is 316 g/mol. The number of Topliss-reactive ketones (excluding diaryl/α,β-unsaturated/α-hetero) is 1. The molecule has 5 nitrogen and oxygen atoms in total. The molecular formula is C20H18N2O3. The quantitative estimate of drug-likeness (QED) is 0.724. The summed E-state index contributed by atoms with van der Waals surface area (Å²) in [6, 6.07) is 14.4. The second-order valence-corrected chi connectivity index (χ2v) is 5.68. The van der Waals surface area contributed by atoms with Gasteiger partial charge >= 0.3 is 0 Å². The van der Waals surface area contributed by atoms with E-state index in [9.17, 15) is 9.59 Å². The highest BCUT2D eigenvalue weighted by molar-refractivity contribution is 6.02. The first-order chi connectivity index (χ1) is 12.1. The molecule has 0 radical (unpaired) electrons. The number of rotatable bonds is 5. The molecule has 0 fully saturated rings. The van der Waals surface area contributed by atoms with Crippen LogP contribution in [0.5, 0.6) is 5.75 Å². The summed E-state index contributed by atoms with van der Waals surface area (Å²) in [5.74, 6) is 0.347. The maximum absolute atomic E-state index is 12.5. The highest BCUT2D eigenvalue weighted by Crippen LogP contribution is 2.24. The fourth-order valence-corrected chi connectivity index (χ4v) is 2.72. The van der Waals surface area contributed by atoms with Crippen LogP contribution >= 0.6 is 0 Å². The van der Waals surface area contributed by atoms with Crippen molar-refractivity contribution in [3.8, 4) is 5.75 Å². The molecule has 0 aliphatic carbocycles. The molecule has 1 N–H and O–H groups in total. The van der Waals surface area contributed by atoms with E-state index < -0.39 is 0 Å². The molecule has 0 bridgehead atoms. The van der Waals surface area contributed by atoms with Gasteiger partial charge in [-0.2, -0.15) is 0 Å². The third-order valence-corrected chi connectivity index (χ3v) is 3.96. The van der Waals surface area contributed by atoms with Crippen molar-refractivity contribution >= 4 is 28.3 Å². The number of benzene rings is 2. The van der Waals surface area contributed by atoms with Gasteiger partial charge in [-0.3, -0.25) is 14.6 Å². The number of ether oxygens (including phenoxy) is 1. The Morgan fingerprint density at radius 2 is 1.96 bits per heavy atom. The van der Waals surface area contributed by atoms with Crippen LogP contribution in [0.25, 0.3) is 10.9 Å². The minimum atomic E-state index is -0.185. The summed E-state index contributed by atoms with van der Waals surface area (Å²) in [6.07, 6.45) is 1.83. The van der Waals surface area contributed by atoms with Crippen LogP contribution in [0.1, 0.15) is 22.8 Å². The van der Waals surface area contributed by atoms with E-state index >= 15 is 0 Å². The van der Waals surface area contributed by atoms with Gasteiger partial charge in [-0.25, -0.2) is 0 Å². The first kappa shape index (κ1) is 16.6. The van der Waals surface area contributed by atoms with Crippen LogP contribution in [0.3, 0.4) is 0 Å². The number of fused-ring (bicyclic) bond motifs is 1. The monoisotopic (exact) mass is 334 g/mol. The van der Waals surface area contributed by atoms with Gasteiger partial charge < -0.3 is 10.1 Å². The number of amides is 1. The number of carbonyl (C=O) groups excluding carboxylic acids is 2. The molecule has 0 aliphatic rings. The molecule has 1 amide bonds. The molecule has 3 rings (SSSR count). The molecule has 0 saturated carbocycles. The average molecular weight is 334 g/mol. The third-order valence-electron chi connectivity index (χ3n) is 3.96. The van der Waals surface area contributed by atoms with Gasteiger partial charge in [0.05, 0.1) is 24.7 Å². The van der Waals surface area contributed by atoms with Crippen LogP contribution < -0.4 is 10.1 Å². The van der Waals surface area contributed by atoms with Gasteiger partial charge in [0.15, 0.2) is 5.78 Å². The topological polar surface area (TPSA) is 68.3 Å². The second-order valence-electron chi connectivity index (χ2n) is 5.68. The van der Waals surface area contributed by atoms with E-state index in [0.29, 0.717) is 22.6 Å². The number of hydrogen-bond acceptors (Lipinski definition) is 4. The highest BCUT2D eigenvalue weighted by atomic mass is 16.5. The smallest absolute Gasteiger partial charge is 0.228 e. The zero-order chi connectivity index (χ0) is 17.8. The molecule has 25 heavy (non-hydrogen) atoms. The van der Waals surface area contributed by atoms with Gasteiger partial charge in [-0.1, -0.05) is 6.07 Å². The molecule has 1 aromatic heterocycles. The zero-order valence-electron chi connectivity index (χ0n) is 14.1. The summed E-state index contributed by atoms with van der Waals surface area (Å²) >= 11 is 0. The minimum Gasteiger partial charge on any atom is -0.496 e. The number of carbonyl (C=O) groups is 2. The molecule has 0 saturated heterocycles. The van der Waals surface area contributed by atoms with Crippen LogP contribution in [-0.2, 0) is 11.2 Å². The number of hydrogen-bond donors (Lipinski definition) is 1. The standard InChI is InChI=1S/C20H18N2O3/c1-13(23)14-8-9-19(25-2)15(11-14)12-20(24)22-18-7-3-6-17-16(18)5-4-10-21-17/h3-11H,12H2,1-2H3,(H,22,24). The first-order valence-corrected chi connectivity index (χ1v) is 7.90. The summed E-state index contributed by atoms with van der Waals surface area (Å²) in [6.45, 7) is 1.49. The number of methoxy groups -OCH3 is 1. The van der Waals surface area contributed by atoms with E-state index in [2.05, 4.69) is 10.3 Å². The molecule has 0 aliphatic heterocycles. The summed E-state index contributed by atoms with van der Waals surface area (Å²) in [5, 5.41) is 3.79. The van der Waals surface area contributed by atoms with Crippen molar-refractivity contribution in [3.63, 3.8) is 0 Å². The third kappa shape index (κ3) is 3.66. The van der Waals surface area contributed by atoms with Crippen molar-refractivity contribution in [1.82, 2.24) is 4.98 Å². The van der Waals surface area contributed by atoms with Gasteiger partial charge in [0.25, 0.3) is 0 Å². The Hall–Kier alpha value is -3.21. The molecule has 3 aromatic rings. The van der Waals surface area contributed by atoms with Crippen molar-refractivity contribution in [1.29, 1.82) is 0 Å². The molecule has 0 spiro atoms. The Morgan fingerprint density at radius 1 is 1.12 bits per heavy atom. The summed E-state index contributed by atoms with van der Waals surface area (Å²) in [4.78, 5) is 28.4. The molecule has 0 unspecified atom stereocenters. The van der Waals surface area contributed by atoms with Gasteiger partial charge in [0.1, 0.15) is 5.75 Å². The number of pyridine rings is 1. The summed E-state index contributed by atoms with van der Waals surface area (Å²) < 4.78 is 5.30. The average Bonchev–Trinajstić information content (AvgIpc) is 2.62. The van der Waals surface area contributed by atoms with Crippen LogP contribution in [0.15, 0.2) is 54.7 Å². The zero-order valence-corrected chi connectivity index (χ0v) is 14.1. The SMILES string of the molecule is COc1ccc(C(C)=O)cc1CC(=O)Nc1cccc2ncccc12. The lowest BCUT2D eigenvalue weighted by Gasteiger charge is -2.11. The van der Waals surface area contributed by atoms with Crippen LogP contribution in [0.4, 0.5) is 5.69 Å². The Bertz CT molecular complexity index is 945. The van der Waals surface area contributed by atoms with Crippen LogP contribution in [-0.4, -0.2) is 23.8 Å².